The Labute approximate surface area is 78.0 Å². The Hall–Kier alpha value is -0.140. The molecule has 0 aromatic heterocycles. The summed E-state index contributed by atoms with van der Waals surface area (Å²) in [6.07, 6.45) is 0.944. The Bertz CT molecular complexity index is 269. The van der Waals surface area contributed by atoms with Crippen molar-refractivity contribution in [3.8, 4) is 0 Å². The molecule has 2 heteroatoms. The molecule has 0 saturated heterocycles. The van der Waals surface area contributed by atoms with Crippen LogP contribution in [0.3, 0.4) is 0 Å². The fourth-order valence-electron chi connectivity index (χ4n) is 1.07. The smallest absolute Gasteiger partial charge is 0.0449 e. The molecular weight excluding hydrogens is 176 g/mol. The Kier molecular flexibility index (Phi) is 2.85. The molecule has 0 aliphatic heterocycles. The van der Waals surface area contributed by atoms with Crippen molar-refractivity contribution >= 4 is 24.2 Å². The summed E-state index contributed by atoms with van der Waals surface area (Å²) in [5.74, 6) is 0. The molecule has 1 rings (SSSR count). The van der Waals surface area contributed by atoms with Gasteiger partial charge in [0.15, 0.2) is 0 Å². The molecule has 11 heavy (non-hydrogen) atoms. The van der Waals surface area contributed by atoms with Gasteiger partial charge in [0.05, 0.1) is 0 Å². The highest BCUT2D eigenvalue weighted by atomic mass is 35.5. The van der Waals surface area contributed by atoms with Crippen LogP contribution >= 0.6 is 24.2 Å². The van der Waals surface area contributed by atoms with Crippen LogP contribution in [0.1, 0.15) is 18.1 Å². The average Bonchev–Trinajstić information content (AvgIpc) is 1.99. The first-order chi connectivity index (χ1) is 5.16. The van der Waals surface area contributed by atoms with Crippen molar-refractivity contribution in [2.45, 2.75) is 25.2 Å². The summed E-state index contributed by atoms with van der Waals surface area (Å²) in [6.45, 7) is 4.12. The van der Waals surface area contributed by atoms with Gasteiger partial charge in [-0.15, -0.1) is 12.6 Å². The topological polar surface area (TPSA) is 0 Å². The molecule has 0 fully saturated rings. The van der Waals surface area contributed by atoms with Crippen LogP contribution in [0.15, 0.2) is 17.0 Å². The monoisotopic (exact) mass is 186 g/mol. The lowest BCUT2D eigenvalue weighted by molar-refractivity contribution is 1.06. The van der Waals surface area contributed by atoms with Crippen molar-refractivity contribution in [3.05, 3.63) is 28.3 Å². The van der Waals surface area contributed by atoms with E-state index in [9.17, 15) is 0 Å². The van der Waals surface area contributed by atoms with Crippen molar-refractivity contribution in [3.63, 3.8) is 0 Å². The lowest BCUT2D eigenvalue weighted by atomic mass is 10.1. The standard InChI is InChI=1S/C9H11ClS/c1-3-7-8(10)5-4-6(2)9(7)11/h4-5,11H,3H2,1-2H3. The van der Waals surface area contributed by atoms with E-state index in [0.29, 0.717) is 0 Å². The maximum Gasteiger partial charge on any atom is 0.0449 e. The predicted molar refractivity (Wildman–Crippen MR) is 52.8 cm³/mol. The van der Waals surface area contributed by atoms with Gasteiger partial charge < -0.3 is 0 Å². The Morgan fingerprint density at radius 2 is 2.09 bits per heavy atom. The van der Waals surface area contributed by atoms with Gasteiger partial charge in [0.1, 0.15) is 0 Å². The van der Waals surface area contributed by atoms with Gasteiger partial charge in [0, 0.05) is 9.92 Å². The summed E-state index contributed by atoms with van der Waals surface area (Å²) in [5, 5.41) is 0.822. The largest absolute Gasteiger partial charge is 0.143 e. The number of benzene rings is 1. The summed E-state index contributed by atoms with van der Waals surface area (Å²) in [4.78, 5) is 1.03. The van der Waals surface area contributed by atoms with Gasteiger partial charge in [-0.25, -0.2) is 0 Å². The fourth-order valence-corrected chi connectivity index (χ4v) is 1.78. The zero-order valence-corrected chi connectivity index (χ0v) is 8.34. The number of hydrogen-bond acceptors (Lipinski definition) is 1. The van der Waals surface area contributed by atoms with E-state index < -0.39 is 0 Å². The Morgan fingerprint density at radius 3 is 2.55 bits per heavy atom. The van der Waals surface area contributed by atoms with E-state index >= 15 is 0 Å². The van der Waals surface area contributed by atoms with Gasteiger partial charge >= 0.3 is 0 Å². The quantitative estimate of drug-likeness (QED) is 0.638. The second-order valence-corrected chi connectivity index (χ2v) is 3.40. The van der Waals surface area contributed by atoms with E-state index in [-0.39, 0.29) is 0 Å². The SMILES string of the molecule is CCc1c(Cl)ccc(C)c1S. The van der Waals surface area contributed by atoms with Crippen molar-refractivity contribution in [1.82, 2.24) is 0 Å². The molecule has 1 aromatic rings. The number of aryl methyl sites for hydroxylation is 1. The van der Waals surface area contributed by atoms with E-state index in [0.717, 1.165) is 21.9 Å². The normalized spacial score (nSPS) is 10.2. The van der Waals surface area contributed by atoms with Gasteiger partial charge in [-0.05, 0) is 30.5 Å². The molecule has 0 amide bonds. The highest BCUT2D eigenvalue weighted by Crippen LogP contribution is 2.26. The predicted octanol–water partition coefficient (Wildman–Crippen LogP) is 3.50. The highest BCUT2D eigenvalue weighted by Gasteiger charge is 2.03. The third kappa shape index (κ3) is 1.71. The van der Waals surface area contributed by atoms with Crippen molar-refractivity contribution in [1.29, 1.82) is 0 Å². The Balaban J connectivity index is 3.29. The van der Waals surface area contributed by atoms with Crippen LogP contribution in [0.5, 0.6) is 0 Å². The van der Waals surface area contributed by atoms with Crippen molar-refractivity contribution < 1.29 is 0 Å². The molecule has 0 atom stereocenters. The van der Waals surface area contributed by atoms with Crippen LogP contribution < -0.4 is 0 Å². The number of thiol groups is 1. The van der Waals surface area contributed by atoms with Gasteiger partial charge in [-0.2, -0.15) is 0 Å². The lowest BCUT2D eigenvalue weighted by Crippen LogP contribution is -1.87. The number of hydrogen-bond donors (Lipinski definition) is 1. The molecule has 0 nitrogen and oxygen atoms in total. The number of halogens is 1. The molecule has 0 spiro atoms. The zero-order chi connectivity index (χ0) is 8.43. The van der Waals surface area contributed by atoms with E-state index in [4.69, 9.17) is 11.6 Å². The maximum atomic E-state index is 5.95. The second-order valence-electron chi connectivity index (χ2n) is 2.54. The first kappa shape index (κ1) is 8.95. The molecule has 0 radical (unpaired) electrons. The van der Waals surface area contributed by atoms with Gasteiger partial charge in [0.25, 0.3) is 0 Å². The highest BCUT2D eigenvalue weighted by molar-refractivity contribution is 7.80. The third-order valence-electron chi connectivity index (χ3n) is 1.78. The third-order valence-corrected chi connectivity index (χ3v) is 2.76. The van der Waals surface area contributed by atoms with E-state index in [1.165, 1.54) is 5.56 Å². The van der Waals surface area contributed by atoms with Gasteiger partial charge in [-0.1, -0.05) is 24.6 Å². The minimum absolute atomic E-state index is 0.822. The van der Waals surface area contributed by atoms with Crippen molar-refractivity contribution in [2.75, 3.05) is 0 Å². The Morgan fingerprint density at radius 1 is 1.45 bits per heavy atom. The molecular formula is C9H11ClS. The van der Waals surface area contributed by atoms with E-state index in [2.05, 4.69) is 19.6 Å². The maximum absolute atomic E-state index is 5.95. The second kappa shape index (κ2) is 3.51. The van der Waals surface area contributed by atoms with Gasteiger partial charge in [-0.3, -0.25) is 0 Å². The van der Waals surface area contributed by atoms with Crippen LogP contribution in [0, 0.1) is 6.92 Å². The average molecular weight is 187 g/mol. The summed E-state index contributed by atoms with van der Waals surface area (Å²) in [6, 6.07) is 3.92. The number of rotatable bonds is 1. The zero-order valence-electron chi connectivity index (χ0n) is 6.69. The minimum atomic E-state index is 0.822. The molecule has 0 bridgehead atoms. The molecule has 0 unspecified atom stereocenters. The lowest BCUT2D eigenvalue weighted by Gasteiger charge is -2.06. The van der Waals surface area contributed by atoms with Crippen LogP contribution in [0.25, 0.3) is 0 Å². The molecule has 0 saturated carbocycles. The molecule has 60 valence electrons. The first-order valence-electron chi connectivity index (χ1n) is 3.63. The van der Waals surface area contributed by atoms with E-state index in [1.807, 2.05) is 19.1 Å². The summed E-state index contributed by atoms with van der Waals surface area (Å²) in [5.41, 5.74) is 2.34. The van der Waals surface area contributed by atoms with Crippen LogP contribution in [-0.4, -0.2) is 0 Å². The molecule has 0 aliphatic rings. The molecule has 1 aromatic carbocycles. The fraction of sp³-hybridized carbons (Fsp3) is 0.333. The minimum Gasteiger partial charge on any atom is -0.143 e. The summed E-state index contributed by atoms with van der Waals surface area (Å²) in [7, 11) is 0. The van der Waals surface area contributed by atoms with Gasteiger partial charge in [0.2, 0.25) is 0 Å². The first-order valence-corrected chi connectivity index (χ1v) is 4.46. The summed E-state index contributed by atoms with van der Waals surface area (Å²) >= 11 is 10.3. The summed E-state index contributed by atoms with van der Waals surface area (Å²) < 4.78 is 0. The molecule has 0 heterocycles. The van der Waals surface area contributed by atoms with Crippen LogP contribution in [0.4, 0.5) is 0 Å². The van der Waals surface area contributed by atoms with Crippen LogP contribution in [-0.2, 0) is 6.42 Å². The molecule has 0 N–H and O–H groups in total. The van der Waals surface area contributed by atoms with Crippen LogP contribution in [0.2, 0.25) is 5.02 Å². The molecule has 0 aliphatic carbocycles. The van der Waals surface area contributed by atoms with E-state index in [1.54, 1.807) is 0 Å². The van der Waals surface area contributed by atoms with Crippen molar-refractivity contribution in [2.24, 2.45) is 0 Å².